The zero-order chi connectivity index (χ0) is 12.4. The summed E-state index contributed by atoms with van der Waals surface area (Å²) in [7, 11) is 1.97. The molecule has 0 amide bonds. The Labute approximate surface area is 111 Å². The van der Waals surface area contributed by atoms with Crippen LogP contribution in [0.5, 0.6) is 0 Å². The van der Waals surface area contributed by atoms with Crippen molar-refractivity contribution >= 4 is 15.9 Å². The van der Waals surface area contributed by atoms with Gasteiger partial charge in [0, 0.05) is 19.5 Å². The summed E-state index contributed by atoms with van der Waals surface area (Å²) in [6.45, 7) is 3.92. The summed E-state index contributed by atoms with van der Waals surface area (Å²) in [5.41, 5.74) is 2.29. The molecule has 1 aromatic rings. The predicted octanol–water partition coefficient (Wildman–Crippen LogP) is 1.26. The molecule has 96 valence electrons. The number of aliphatic hydroxyl groups excluding tert-OH is 1. The normalized spacial score (nSPS) is 25.2. The van der Waals surface area contributed by atoms with Crippen LogP contribution in [-0.2, 0) is 19.9 Å². The van der Waals surface area contributed by atoms with Crippen LogP contribution >= 0.6 is 15.9 Å². The maximum atomic E-state index is 9.99. The zero-order valence-electron chi connectivity index (χ0n) is 10.4. The first-order valence-electron chi connectivity index (χ1n) is 6.22. The monoisotopic (exact) mass is 301 g/mol. The van der Waals surface area contributed by atoms with Crippen LogP contribution in [0.4, 0.5) is 0 Å². The van der Waals surface area contributed by atoms with Crippen molar-refractivity contribution in [2.24, 2.45) is 13.0 Å². The first kappa shape index (κ1) is 13.1. The third-order valence-corrected chi connectivity index (χ3v) is 4.44. The Morgan fingerprint density at radius 3 is 2.94 bits per heavy atom. The molecule has 2 unspecified atom stereocenters. The van der Waals surface area contributed by atoms with Gasteiger partial charge in [0.15, 0.2) is 0 Å². The second kappa shape index (κ2) is 5.50. The molecular weight excluding hydrogens is 282 g/mol. The highest BCUT2D eigenvalue weighted by molar-refractivity contribution is 9.10. The molecule has 0 spiro atoms. The van der Waals surface area contributed by atoms with Crippen molar-refractivity contribution in [2.75, 3.05) is 13.1 Å². The van der Waals surface area contributed by atoms with Gasteiger partial charge in [-0.3, -0.25) is 4.68 Å². The van der Waals surface area contributed by atoms with Gasteiger partial charge < -0.3 is 10.4 Å². The highest BCUT2D eigenvalue weighted by atomic mass is 79.9. The summed E-state index contributed by atoms with van der Waals surface area (Å²) in [6.07, 6.45) is 2.46. The topological polar surface area (TPSA) is 50.1 Å². The van der Waals surface area contributed by atoms with Gasteiger partial charge in [-0.05, 0) is 41.7 Å². The van der Waals surface area contributed by atoms with Crippen LogP contribution in [0.1, 0.15) is 24.7 Å². The van der Waals surface area contributed by atoms with E-state index in [-0.39, 0.29) is 6.10 Å². The van der Waals surface area contributed by atoms with Gasteiger partial charge in [0.1, 0.15) is 0 Å². The van der Waals surface area contributed by atoms with E-state index >= 15 is 0 Å². The Kier molecular flexibility index (Phi) is 4.22. The molecule has 0 saturated carbocycles. The number of aryl methyl sites for hydroxylation is 2. The largest absolute Gasteiger partial charge is 0.393 e. The molecule has 0 aromatic carbocycles. The van der Waals surface area contributed by atoms with E-state index in [1.165, 1.54) is 5.69 Å². The minimum atomic E-state index is -0.192. The molecular formula is C12H20BrN3O. The van der Waals surface area contributed by atoms with E-state index in [2.05, 4.69) is 33.3 Å². The maximum Gasteiger partial charge on any atom is 0.0766 e. The first-order valence-corrected chi connectivity index (χ1v) is 7.01. The van der Waals surface area contributed by atoms with E-state index in [4.69, 9.17) is 0 Å². The molecule has 4 nitrogen and oxygen atoms in total. The number of piperidine rings is 1. The lowest BCUT2D eigenvalue weighted by Crippen LogP contribution is -2.41. The van der Waals surface area contributed by atoms with Gasteiger partial charge >= 0.3 is 0 Å². The van der Waals surface area contributed by atoms with Crippen molar-refractivity contribution in [2.45, 2.75) is 32.3 Å². The molecule has 2 N–H and O–H groups in total. The van der Waals surface area contributed by atoms with Crippen molar-refractivity contribution in [3.05, 3.63) is 15.9 Å². The number of nitrogens with zero attached hydrogens (tertiary/aromatic N) is 2. The van der Waals surface area contributed by atoms with E-state index in [1.54, 1.807) is 0 Å². The molecule has 0 bridgehead atoms. The van der Waals surface area contributed by atoms with Crippen molar-refractivity contribution in [3.8, 4) is 0 Å². The number of halogens is 1. The average Bonchev–Trinajstić information content (AvgIpc) is 2.59. The Bertz CT molecular complexity index is 391. The van der Waals surface area contributed by atoms with Gasteiger partial charge in [-0.1, -0.05) is 6.92 Å². The first-order chi connectivity index (χ1) is 8.13. The molecule has 1 aromatic heterocycles. The molecule has 2 heterocycles. The molecule has 1 aliphatic rings. The van der Waals surface area contributed by atoms with Gasteiger partial charge in [-0.25, -0.2) is 0 Å². The highest BCUT2D eigenvalue weighted by Gasteiger charge is 2.25. The molecule has 0 radical (unpaired) electrons. The SMILES string of the molecule is CCc1nn(C)c(CC2CNCCC2O)c1Br. The Hall–Kier alpha value is -0.390. The van der Waals surface area contributed by atoms with Crippen LogP contribution in [-0.4, -0.2) is 34.1 Å². The molecule has 0 aliphatic carbocycles. The van der Waals surface area contributed by atoms with Gasteiger partial charge in [-0.2, -0.15) is 5.10 Å². The molecule has 2 atom stereocenters. The minimum Gasteiger partial charge on any atom is -0.393 e. The third-order valence-electron chi connectivity index (χ3n) is 3.53. The van der Waals surface area contributed by atoms with E-state index in [0.29, 0.717) is 5.92 Å². The lowest BCUT2D eigenvalue weighted by Gasteiger charge is -2.28. The summed E-state index contributed by atoms with van der Waals surface area (Å²) in [5, 5.41) is 17.8. The molecule has 2 rings (SSSR count). The van der Waals surface area contributed by atoms with Gasteiger partial charge in [0.2, 0.25) is 0 Å². The fourth-order valence-electron chi connectivity index (χ4n) is 2.41. The number of aromatic nitrogens is 2. The summed E-state index contributed by atoms with van der Waals surface area (Å²) in [4.78, 5) is 0. The average molecular weight is 302 g/mol. The maximum absolute atomic E-state index is 9.99. The summed E-state index contributed by atoms with van der Waals surface area (Å²) < 4.78 is 3.05. The summed E-state index contributed by atoms with van der Waals surface area (Å²) in [6, 6.07) is 0. The minimum absolute atomic E-state index is 0.192. The second-order valence-electron chi connectivity index (χ2n) is 4.71. The second-order valence-corrected chi connectivity index (χ2v) is 5.50. The third kappa shape index (κ3) is 2.72. The van der Waals surface area contributed by atoms with E-state index < -0.39 is 0 Å². The van der Waals surface area contributed by atoms with Crippen LogP contribution in [0, 0.1) is 5.92 Å². The fourth-order valence-corrected chi connectivity index (χ4v) is 3.19. The lowest BCUT2D eigenvalue weighted by atomic mass is 9.91. The quantitative estimate of drug-likeness (QED) is 0.884. The van der Waals surface area contributed by atoms with E-state index in [0.717, 1.165) is 42.5 Å². The van der Waals surface area contributed by atoms with Gasteiger partial charge in [-0.15, -0.1) is 0 Å². The van der Waals surface area contributed by atoms with Crippen molar-refractivity contribution in [3.63, 3.8) is 0 Å². The number of aliphatic hydroxyl groups is 1. The van der Waals surface area contributed by atoms with Crippen molar-refractivity contribution < 1.29 is 5.11 Å². The Morgan fingerprint density at radius 1 is 1.59 bits per heavy atom. The van der Waals surface area contributed by atoms with Gasteiger partial charge in [0.25, 0.3) is 0 Å². The van der Waals surface area contributed by atoms with Crippen LogP contribution in [0.3, 0.4) is 0 Å². The summed E-state index contributed by atoms with van der Waals surface area (Å²) in [5.74, 6) is 0.292. The number of hydrogen-bond acceptors (Lipinski definition) is 3. The van der Waals surface area contributed by atoms with Crippen molar-refractivity contribution in [1.29, 1.82) is 0 Å². The zero-order valence-corrected chi connectivity index (χ0v) is 12.0. The van der Waals surface area contributed by atoms with Crippen LogP contribution in [0.2, 0.25) is 0 Å². The lowest BCUT2D eigenvalue weighted by molar-refractivity contribution is 0.0781. The Morgan fingerprint density at radius 2 is 2.35 bits per heavy atom. The number of rotatable bonds is 3. The van der Waals surface area contributed by atoms with Crippen LogP contribution < -0.4 is 5.32 Å². The molecule has 1 aliphatic heterocycles. The molecule has 1 fully saturated rings. The smallest absolute Gasteiger partial charge is 0.0766 e. The standard InChI is InChI=1S/C12H20BrN3O/c1-3-9-12(13)10(16(2)15-9)6-8-7-14-5-4-11(8)17/h8,11,14,17H,3-7H2,1-2H3. The highest BCUT2D eigenvalue weighted by Crippen LogP contribution is 2.26. The van der Waals surface area contributed by atoms with E-state index in [9.17, 15) is 5.11 Å². The molecule has 5 heteroatoms. The number of hydrogen-bond donors (Lipinski definition) is 2. The molecule has 1 saturated heterocycles. The van der Waals surface area contributed by atoms with E-state index in [1.807, 2.05) is 11.7 Å². The van der Waals surface area contributed by atoms with Crippen molar-refractivity contribution in [1.82, 2.24) is 15.1 Å². The predicted molar refractivity (Wildman–Crippen MR) is 71.0 cm³/mol. The summed E-state index contributed by atoms with van der Waals surface area (Å²) >= 11 is 3.62. The fraction of sp³-hybridized carbons (Fsp3) is 0.750. The number of nitrogens with one attached hydrogen (secondary N) is 1. The molecule has 17 heavy (non-hydrogen) atoms. The van der Waals surface area contributed by atoms with Crippen LogP contribution in [0.25, 0.3) is 0 Å². The van der Waals surface area contributed by atoms with Gasteiger partial charge in [0.05, 0.1) is 22.0 Å². The van der Waals surface area contributed by atoms with Crippen LogP contribution in [0.15, 0.2) is 4.47 Å². The Balaban J connectivity index is 2.14.